The highest BCUT2D eigenvalue weighted by Crippen LogP contribution is 2.11. The molecule has 2 N–H and O–H groups in total. The maximum absolute atomic E-state index is 10.3. The van der Waals surface area contributed by atoms with Crippen LogP contribution >= 0.6 is 0 Å². The predicted molar refractivity (Wildman–Crippen MR) is 61.5 cm³/mol. The first kappa shape index (κ1) is 12.5. The number of carboxylic acids is 1. The molecule has 0 aromatic heterocycles. The summed E-state index contributed by atoms with van der Waals surface area (Å²) in [5, 5.41) is 11.7. The molecule has 0 aliphatic carbocycles. The molecule has 16 heavy (non-hydrogen) atoms. The quantitative estimate of drug-likeness (QED) is 0.769. The molecule has 0 atom stereocenters. The predicted octanol–water partition coefficient (Wildman–Crippen LogP) is 1.65. The summed E-state index contributed by atoms with van der Waals surface area (Å²) >= 11 is 0. The second-order valence-electron chi connectivity index (χ2n) is 3.86. The molecule has 0 fully saturated rings. The Hall–Kier alpha value is -1.55. The largest absolute Gasteiger partial charge is 0.482 e. The van der Waals surface area contributed by atoms with Crippen LogP contribution in [-0.4, -0.2) is 23.7 Å². The zero-order valence-electron chi connectivity index (χ0n) is 9.56. The van der Waals surface area contributed by atoms with Crippen LogP contribution in [0.4, 0.5) is 0 Å². The van der Waals surface area contributed by atoms with Crippen molar-refractivity contribution in [2.75, 3.05) is 6.61 Å². The van der Waals surface area contributed by atoms with Crippen LogP contribution in [0.15, 0.2) is 24.3 Å². The average molecular weight is 223 g/mol. The van der Waals surface area contributed by atoms with Crippen LogP contribution < -0.4 is 10.1 Å². The summed E-state index contributed by atoms with van der Waals surface area (Å²) in [6.07, 6.45) is 0. The Kier molecular flexibility index (Phi) is 4.79. The molecule has 0 radical (unpaired) electrons. The van der Waals surface area contributed by atoms with Crippen molar-refractivity contribution in [1.29, 1.82) is 0 Å². The summed E-state index contributed by atoms with van der Waals surface area (Å²) in [6.45, 7) is 4.68. The van der Waals surface area contributed by atoms with E-state index in [1.54, 1.807) is 12.1 Å². The van der Waals surface area contributed by atoms with E-state index in [1.807, 2.05) is 12.1 Å². The number of carboxylic acid groups (broad SMARTS) is 1. The van der Waals surface area contributed by atoms with Crippen molar-refractivity contribution in [2.45, 2.75) is 26.4 Å². The van der Waals surface area contributed by atoms with Gasteiger partial charge in [-0.3, -0.25) is 0 Å². The van der Waals surface area contributed by atoms with Crippen LogP contribution in [0.3, 0.4) is 0 Å². The Balaban J connectivity index is 2.44. The third kappa shape index (κ3) is 4.79. The van der Waals surface area contributed by atoms with Gasteiger partial charge >= 0.3 is 5.97 Å². The van der Waals surface area contributed by atoms with Gasteiger partial charge in [0.1, 0.15) is 5.75 Å². The second-order valence-corrected chi connectivity index (χ2v) is 3.86. The normalized spacial score (nSPS) is 10.4. The van der Waals surface area contributed by atoms with E-state index in [4.69, 9.17) is 9.84 Å². The highest BCUT2D eigenvalue weighted by Gasteiger charge is 1.99. The van der Waals surface area contributed by atoms with Crippen molar-refractivity contribution < 1.29 is 14.6 Å². The standard InChI is InChI=1S/C12H17NO3/c1-9(2)13-7-10-3-5-11(6-4-10)16-8-12(14)15/h3-6,9,13H,7-8H2,1-2H3,(H,14,15). The molecule has 0 saturated carbocycles. The van der Waals surface area contributed by atoms with E-state index in [9.17, 15) is 4.79 Å². The third-order valence-electron chi connectivity index (χ3n) is 2.00. The summed E-state index contributed by atoms with van der Waals surface area (Å²) in [7, 11) is 0. The van der Waals surface area contributed by atoms with Crippen molar-refractivity contribution >= 4 is 5.97 Å². The van der Waals surface area contributed by atoms with Gasteiger partial charge in [-0.1, -0.05) is 26.0 Å². The lowest BCUT2D eigenvalue weighted by atomic mass is 10.2. The van der Waals surface area contributed by atoms with E-state index in [0.29, 0.717) is 11.8 Å². The first-order chi connectivity index (χ1) is 7.58. The molecule has 0 saturated heterocycles. The Morgan fingerprint density at radius 2 is 2.00 bits per heavy atom. The van der Waals surface area contributed by atoms with Crippen LogP contribution in [0.1, 0.15) is 19.4 Å². The molecule has 0 aliphatic heterocycles. The fourth-order valence-electron chi connectivity index (χ4n) is 1.17. The number of hydrogen-bond acceptors (Lipinski definition) is 3. The van der Waals surface area contributed by atoms with E-state index in [0.717, 1.165) is 12.1 Å². The molecule has 0 aliphatic rings. The number of rotatable bonds is 6. The monoisotopic (exact) mass is 223 g/mol. The molecule has 88 valence electrons. The van der Waals surface area contributed by atoms with E-state index in [1.165, 1.54) is 0 Å². The lowest BCUT2D eigenvalue weighted by molar-refractivity contribution is -0.139. The fourth-order valence-corrected chi connectivity index (χ4v) is 1.17. The average Bonchev–Trinajstić information content (AvgIpc) is 2.25. The van der Waals surface area contributed by atoms with E-state index < -0.39 is 5.97 Å². The minimum Gasteiger partial charge on any atom is -0.482 e. The lowest BCUT2D eigenvalue weighted by Crippen LogP contribution is -2.21. The summed E-state index contributed by atoms with van der Waals surface area (Å²) in [5.41, 5.74) is 1.15. The number of aliphatic carboxylic acids is 1. The van der Waals surface area contributed by atoms with Crippen molar-refractivity contribution in [2.24, 2.45) is 0 Å². The van der Waals surface area contributed by atoms with Gasteiger partial charge in [-0.25, -0.2) is 4.79 Å². The van der Waals surface area contributed by atoms with Crippen LogP contribution in [0, 0.1) is 0 Å². The highest BCUT2D eigenvalue weighted by atomic mass is 16.5. The lowest BCUT2D eigenvalue weighted by Gasteiger charge is -2.08. The number of hydrogen-bond donors (Lipinski definition) is 2. The van der Waals surface area contributed by atoms with Gasteiger partial charge in [0.05, 0.1) is 0 Å². The van der Waals surface area contributed by atoms with Crippen molar-refractivity contribution in [3.8, 4) is 5.75 Å². The van der Waals surface area contributed by atoms with Crippen LogP contribution in [0.25, 0.3) is 0 Å². The first-order valence-electron chi connectivity index (χ1n) is 5.25. The molecule has 1 rings (SSSR count). The van der Waals surface area contributed by atoms with Gasteiger partial charge in [-0.05, 0) is 17.7 Å². The van der Waals surface area contributed by atoms with E-state index in [2.05, 4.69) is 19.2 Å². The van der Waals surface area contributed by atoms with Gasteiger partial charge in [0, 0.05) is 12.6 Å². The highest BCUT2D eigenvalue weighted by molar-refractivity contribution is 5.68. The Labute approximate surface area is 95.2 Å². The Morgan fingerprint density at radius 3 is 2.50 bits per heavy atom. The number of benzene rings is 1. The molecule has 0 amide bonds. The SMILES string of the molecule is CC(C)NCc1ccc(OCC(=O)O)cc1. The summed E-state index contributed by atoms with van der Waals surface area (Å²) < 4.78 is 5.03. The number of nitrogens with one attached hydrogen (secondary N) is 1. The topological polar surface area (TPSA) is 58.6 Å². The molecule has 1 aromatic rings. The molecular formula is C12H17NO3. The van der Waals surface area contributed by atoms with Crippen molar-refractivity contribution in [1.82, 2.24) is 5.32 Å². The minimum absolute atomic E-state index is 0.302. The van der Waals surface area contributed by atoms with Crippen molar-refractivity contribution in [3.63, 3.8) is 0 Å². The van der Waals surface area contributed by atoms with E-state index >= 15 is 0 Å². The third-order valence-corrected chi connectivity index (χ3v) is 2.00. The van der Waals surface area contributed by atoms with Gasteiger partial charge in [0.25, 0.3) is 0 Å². The van der Waals surface area contributed by atoms with Gasteiger partial charge in [0.2, 0.25) is 0 Å². The second kappa shape index (κ2) is 6.12. The summed E-state index contributed by atoms with van der Waals surface area (Å²) in [4.78, 5) is 10.3. The maximum Gasteiger partial charge on any atom is 0.341 e. The number of carbonyl (C=O) groups is 1. The van der Waals surface area contributed by atoms with Gasteiger partial charge < -0.3 is 15.2 Å². The van der Waals surface area contributed by atoms with Crippen LogP contribution in [0.2, 0.25) is 0 Å². The summed E-state index contributed by atoms with van der Waals surface area (Å²) in [5.74, 6) is -0.388. The molecule has 4 heteroatoms. The van der Waals surface area contributed by atoms with Gasteiger partial charge in [0.15, 0.2) is 6.61 Å². The maximum atomic E-state index is 10.3. The molecule has 0 heterocycles. The molecule has 4 nitrogen and oxygen atoms in total. The summed E-state index contributed by atoms with van der Waals surface area (Å²) in [6, 6.07) is 7.85. The molecule has 0 unspecified atom stereocenters. The smallest absolute Gasteiger partial charge is 0.341 e. The molecule has 1 aromatic carbocycles. The zero-order valence-corrected chi connectivity index (χ0v) is 9.56. The van der Waals surface area contributed by atoms with Crippen molar-refractivity contribution in [3.05, 3.63) is 29.8 Å². The van der Waals surface area contributed by atoms with Crippen LogP contribution in [0.5, 0.6) is 5.75 Å². The van der Waals surface area contributed by atoms with Crippen LogP contribution in [-0.2, 0) is 11.3 Å². The molecule has 0 spiro atoms. The Bertz CT molecular complexity index is 333. The Morgan fingerprint density at radius 1 is 1.38 bits per heavy atom. The zero-order chi connectivity index (χ0) is 12.0. The molecule has 0 bridgehead atoms. The first-order valence-corrected chi connectivity index (χ1v) is 5.25. The fraction of sp³-hybridized carbons (Fsp3) is 0.417. The van der Waals surface area contributed by atoms with E-state index in [-0.39, 0.29) is 6.61 Å². The minimum atomic E-state index is -0.967. The molecular weight excluding hydrogens is 206 g/mol. The van der Waals surface area contributed by atoms with Gasteiger partial charge in [-0.15, -0.1) is 0 Å². The number of ether oxygens (including phenoxy) is 1. The van der Waals surface area contributed by atoms with Gasteiger partial charge in [-0.2, -0.15) is 0 Å².